The van der Waals surface area contributed by atoms with Gasteiger partial charge in [-0.1, -0.05) is 0 Å². The van der Waals surface area contributed by atoms with E-state index in [1.54, 1.807) is 0 Å². The smallest absolute Gasteiger partial charge is 0.258 e. The van der Waals surface area contributed by atoms with Crippen LogP contribution in [0.1, 0.15) is 16.7 Å². The van der Waals surface area contributed by atoms with Crippen molar-refractivity contribution in [2.75, 3.05) is 0 Å². The van der Waals surface area contributed by atoms with E-state index in [1.165, 1.54) is 26.8 Å². The van der Waals surface area contributed by atoms with Gasteiger partial charge in [0.05, 0.1) is 4.92 Å². The van der Waals surface area contributed by atoms with Crippen molar-refractivity contribution in [2.24, 2.45) is 0 Å². The Morgan fingerprint density at radius 2 is 1.75 bits per heavy atom. The van der Waals surface area contributed by atoms with Crippen LogP contribution in [0.3, 0.4) is 0 Å². The van der Waals surface area contributed by atoms with Crippen LogP contribution in [0.2, 0.25) is 0 Å². The summed E-state index contributed by atoms with van der Waals surface area (Å²) >= 11 is 0. The van der Waals surface area contributed by atoms with Crippen molar-refractivity contribution in [2.45, 2.75) is 25.7 Å². The molecule has 88 valence electrons. The lowest BCUT2D eigenvalue weighted by Crippen LogP contribution is -2.04. The van der Waals surface area contributed by atoms with E-state index in [1.807, 2.05) is 0 Å². The van der Waals surface area contributed by atoms with E-state index >= 15 is 0 Å². The molecule has 0 N–H and O–H groups in total. The van der Waals surface area contributed by atoms with Crippen molar-refractivity contribution < 1.29 is 17.2 Å². The molecule has 0 bridgehead atoms. The lowest BCUT2D eigenvalue weighted by molar-refractivity contribution is -0.386. The minimum Gasteiger partial charge on any atom is -0.258 e. The lowest BCUT2D eigenvalue weighted by atomic mass is 10.1. The largest absolute Gasteiger partial charge is 0.332 e. The highest BCUT2D eigenvalue weighted by Crippen LogP contribution is 2.32. The topological polar surface area (TPSA) is 77.3 Å². The van der Waals surface area contributed by atoms with Crippen LogP contribution in [-0.4, -0.2) is 13.3 Å². The van der Waals surface area contributed by atoms with Gasteiger partial charge in [0.2, 0.25) is 0 Å². The zero-order valence-corrected chi connectivity index (χ0v) is 9.76. The highest BCUT2D eigenvalue weighted by atomic mass is 32.3. The van der Waals surface area contributed by atoms with Crippen molar-refractivity contribution >= 4 is 15.9 Å². The summed E-state index contributed by atoms with van der Waals surface area (Å²) in [5, 5.41) is 10.7. The molecule has 0 radical (unpaired) electrons. The first-order valence-electron chi connectivity index (χ1n) is 4.36. The zero-order valence-electron chi connectivity index (χ0n) is 8.94. The van der Waals surface area contributed by atoms with Crippen LogP contribution in [0, 0.1) is 30.9 Å². The second-order valence-corrected chi connectivity index (χ2v) is 4.79. The molecule has 0 aromatic heterocycles. The maximum absolute atomic E-state index is 13.0. The van der Waals surface area contributed by atoms with Gasteiger partial charge in [0, 0.05) is 11.1 Å². The summed E-state index contributed by atoms with van der Waals surface area (Å²) in [7, 11) is -4.94. The molecule has 0 heterocycles. The molecule has 0 fully saturated rings. The standard InChI is InChI=1S/C9H10FNO4S/c1-5-4-6(2)9(16(10,14)15)7(3)8(5)11(12)13/h4H,1-3H3. The highest BCUT2D eigenvalue weighted by Gasteiger charge is 2.27. The van der Waals surface area contributed by atoms with Crippen LogP contribution in [0.4, 0.5) is 9.57 Å². The van der Waals surface area contributed by atoms with Gasteiger partial charge in [0.25, 0.3) is 5.69 Å². The first-order valence-corrected chi connectivity index (χ1v) is 5.74. The third-order valence-corrected chi connectivity index (χ3v) is 3.40. The molecule has 1 aromatic rings. The minimum absolute atomic E-state index is 0.162. The van der Waals surface area contributed by atoms with Crippen LogP contribution >= 0.6 is 0 Å². The average molecular weight is 247 g/mol. The number of hydrogen-bond donors (Lipinski definition) is 0. The van der Waals surface area contributed by atoms with Crippen LogP contribution < -0.4 is 0 Å². The molecule has 0 saturated heterocycles. The van der Waals surface area contributed by atoms with E-state index in [0.29, 0.717) is 5.56 Å². The SMILES string of the molecule is Cc1cc(C)c(S(=O)(=O)F)c(C)c1[N+](=O)[O-]. The Hall–Kier alpha value is -1.50. The fourth-order valence-electron chi connectivity index (χ4n) is 1.81. The molecular weight excluding hydrogens is 237 g/mol. The molecule has 16 heavy (non-hydrogen) atoms. The van der Waals surface area contributed by atoms with Gasteiger partial charge in [-0.15, -0.1) is 3.89 Å². The van der Waals surface area contributed by atoms with E-state index < -0.39 is 20.0 Å². The van der Waals surface area contributed by atoms with Gasteiger partial charge in [-0.2, -0.15) is 8.42 Å². The molecule has 0 unspecified atom stereocenters. The number of nitrogens with zero attached hydrogens (tertiary/aromatic N) is 1. The maximum Gasteiger partial charge on any atom is 0.332 e. The summed E-state index contributed by atoms with van der Waals surface area (Å²) < 4.78 is 34.7. The number of hydrogen-bond acceptors (Lipinski definition) is 4. The van der Waals surface area contributed by atoms with Gasteiger partial charge in [0.15, 0.2) is 0 Å². The second kappa shape index (κ2) is 3.82. The lowest BCUT2D eigenvalue weighted by Gasteiger charge is -2.08. The third-order valence-electron chi connectivity index (χ3n) is 2.29. The van der Waals surface area contributed by atoms with Gasteiger partial charge in [-0.3, -0.25) is 10.1 Å². The Labute approximate surface area is 92.3 Å². The van der Waals surface area contributed by atoms with Crippen molar-refractivity contribution in [3.63, 3.8) is 0 Å². The predicted octanol–water partition coefficient (Wildman–Crippen LogP) is 2.18. The fraction of sp³-hybridized carbons (Fsp3) is 0.333. The summed E-state index contributed by atoms with van der Waals surface area (Å²) in [6.07, 6.45) is 0. The Morgan fingerprint density at radius 3 is 2.12 bits per heavy atom. The summed E-state index contributed by atoms with van der Waals surface area (Å²) in [5.74, 6) is 0. The molecule has 1 aromatic carbocycles. The monoisotopic (exact) mass is 247 g/mol. The van der Waals surface area contributed by atoms with Gasteiger partial charge in [-0.25, -0.2) is 0 Å². The van der Waals surface area contributed by atoms with E-state index in [-0.39, 0.29) is 16.8 Å². The van der Waals surface area contributed by atoms with Crippen molar-refractivity contribution in [1.82, 2.24) is 0 Å². The molecule has 0 amide bonds. The van der Waals surface area contributed by atoms with E-state index in [4.69, 9.17) is 0 Å². The number of nitro groups is 1. The van der Waals surface area contributed by atoms with Crippen molar-refractivity contribution in [1.29, 1.82) is 0 Å². The molecule has 7 heteroatoms. The first-order chi connectivity index (χ1) is 7.16. The Balaban J connectivity index is 3.79. The van der Waals surface area contributed by atoms with Crippen molar-refractivity contribution in [3.8, 4) is 0 Å². The second-order valence-electron chi connectivity index (χ2n) is 3.51. The predicted molar refractivity (Wildman–Crippen MR) is 55.6 cm³/mol. The number of aryl methyl sites for hydroxylation is 2. The number of benzene rings is 1. The molecule has 1 rings (SSSR count). The van der Waals surface area contributed by atoms with Gasteiger partial charge < -0.3 is 0 Å². The first kappa shape index (κ1) is 12.6. The third kappa shape index (κ3) is 2.04. The zero-order chi connectivity index (χ0) is 12.7. The van der Waals surface area contributed by atoms with Crippen LogP contribution in [0.25, 0.3) is 0 Å². The molecule has 0 aliphatic rings. The quantitative estimate of drug-likeness (QED) is 0.456. The summed E-state index contributed by atoms with van der Waals surface area (Å²) in [6, 6.07) is 1.29. The summed E-state index contributed by atoms with van der Waals surface area (Å²) in [5.41, 5.74) is -0.0395. The normalized spacial score (nSPS) is 11.5. The summed E-state index contributed by atoms with van der Waals surface area (Å²) in [6.45, 7) is 4.10. The molecule has 0 aliphatic heterocycles. The molecule has 0 aliphatic carbocycles. The molecule has 0 saturated carbocycles. The van der Waals surface area contributed by atoms with E-state index in [9.17, 15) is 22.4 Å². The molecule has 5 nitrogen and oxygen atoms in total. The highest BCUT2D eigenvalue weighted by molar-refractivity contribution is 7.86. The number of rotatable bonds is 2. The molecule has 0 spiro atoms. The van der Waals surface area contributed by atoms with Gasteiger partial charge >= 0.3 is 10.2 Å². The summed E-state index contributed by atoms with van der Waals surface area (Å²) in [4.78, 5) is 9.41. The number of halogens is 1. The Kier molecular flexibility index (Phi) is 3.00. The average Bonchev–Trinajstić information content (AvgIpc) is 1.97. The minimum atomic E-state index is -4.94. The van der Waals surface area contributed by atoms with E-state index in [2.05, 4.69) is 0 Å². The van der Waals surface area contributed by atoms with E-state index in [0.717, 1.165) is 0 Å². The van der Waals surface area contributed by atoms with Crippen LogP contribution in [0.15, 0.2) is 11.0 Å². The molecular formula is C9H10FNO4S. The van der Waals surface area contributed by atoms with Crippen molar-refractivity contribution in [3.05, 3.63) is 32.9 Å². The van der Waals surface area contributed by atoms with Gasteiger partial charge in [0.1, 0.15) is 4.90 Å². The van der Waals surface area contributed by atoms with Crippen LogP contribution in [0.5, 0.6) is 0 Å². The maximum atomic E-state index is 13.0. The van der Waals surface area contributed by atoms with Crippen LogP contribution in [-0.2, 0) is 10.2 Å². The Morgan fingerprint density at radius 1 is 1.25 bits per heavy atom. The molecule has 0 atom stereocenters. The Bertz CT molecular complexity index is 565. The van der Waals surface area contributed by atoms with Gasteiger partial charge in [-0.05, 0) is 32.4 Å². The fourth-order valence-corrected chi connectivity index (χ4v) is 2.72. The number of nitro benzene ring substituents is 1.